The summed E-state index contributed by atoms with van der Waals surface area (Å²) in [6.45, 7) is 0.613. The Morgan fingerprint density at radius 3 is 3.11 bits per heavy atom. The molecular weight excluding hydrogens is 258 g/mol. The number of carbonyl (C=O) groups excluding carboxylic acids is 1. The lowest BCUT2D eigenvalue weighted by Gasteiger charge is -2.02. The molecule has 0 fully saturated rings. The molecule has 0 radical (unpaired) electrons. The maximum Gasteiger partial charge on any atom is 0.269 e. The molecule has 19 heavy (non-hydrogen) atoms. The lowest BCUT2D eigenvalue weighted by atomic mass is 10.3. The van der Waals surface area contributed by atoms with Gasteiger partial charge in [-0.25, -0.2) is 4.98 Å². The van der Waals surface area contributed by atoms with E-state index in [2.05, 4.69) is 15.3 Å². The Bertz CT molecular complexity index is 558. The third-order valence-corrected chi connectivity index (χ3v) is 4.38. The Balaban J connectivity index is 1.51. The zero-order valence-electron chi connectivity index (χ0n) is 10.6. The van der Waals surface area contributed by atoms with E-state index in [9.17, 15) is 4.79 Å². The van der Waals surface area contributed by atoms with Crippen molar-refractivity contribution >= 4 is 17.2 Å². The number of pyridine rings is 1. The largest absolute Gasteiger partial charge is 0.350 e. The molecule has 0 aliphatic heterocycles. The van der Waals surface area contributed by atoms with E-state index in [1.165, 1.54) is 23.4 Å². The minimum absolute atomic E-state index is 0.121. The van der Waals surface area contributed by atoms with Gasteiger partial charge in [0, 0.05) is 24.0 Å². The molecule has 3 rings (SSSR count). The van der Waals surface area contributed by atoms with Gasteiger partial charge in [0.2, 0.25) is 0 Å². The number of rotatable bonds is 4. The van der Waals surface area contributed by atoms with Gasteiger partial charge in [0.15, 0.2) is 0 Å². The average molecular weight is 273 g/mol. The van der Waals surface area contributed by atoms with Crippen molar-refractivity contribution < 1.29 is 4.79 Å². The fourth-order valence-electron chi connectivity index (χ4n) is 2.22. The van der Waals surface area contributed by atoms with Gasteiger partial charge in [-0.3, -0.25) is 9.78 Å². The number of nitrogens with zero attached hydrogens (tertiary/aromatic N) is 2. The summed E-state index contributed by atoms with van der Waals surface area (Å²) < 4.78 is 0. The predicted octanol–water partition coefficient (Wildman–Crippen LogP) is 2.00. The molecule has 4 nitrogen and oxygen atoms in total. The van der Waals surface area contributed by atoms with Crippen LogP contribution in [0.15, 0.2) is 24.4 Å². The van der Waals surface area contributed by atoms with E-state index in [4.69, 9.17) is 0 Å². The number of aromatic nitrogens is 2. The quantitative estimate of drug-likeness (QED) is 0.927. The molecule has 1 aliphatic rings. The fourth-order valence-corrected chi connectivity index (χ4v) is 3.38. The molecule has 0 aromatic carbocycles. The highest BCUT2D eigenvalue weighted by molar-refractivity contribution is 7.11. The van der Waals surface area contributed by atoms with E-state index in [0.29, 0.717) is 12.2 Å². The Labute approximate surface area is 115 Å². The van der Waals surface area contributed by atoms with Crippen LogP contribution in [-0.4, -0.2) is 22.4 Å². The molecule has 0 saturated heterocycles. The third kappa shape index (κ3) is 2.81. The molecule has 0 unspecified atom stereocenters. The summed E-state index contributed by atoms with van der Waals surface area (Å²) in [4.78, 5) is 21.9. The number of aryl methyl sites for hydroxylation is 2. The van der Waals surface area contributed by atoms with Crippen LogP contribution in [0.5, 0.6) is 0 Å². The van der Waals surface area contributed by atoms with Crippen LogP contribution < -0.4 is 5.32 Å². The normalized spacial score (nSPS) is 13.3. The van der Waals surface area contributed by atoms with E-state index in [1.54, 1.807) is 29.7 Å². The van der Waals surface area contributed by atoms with Gasteiger partial charge in [0.05, 0.1) is 10.7 Å². The highest BCUT2D eigenvalue weighted by Crippen LogP contribution is 2.27. The second kappa shape index (κ2) is 5.48. The van der Waals surface area contributed by atoms with Crippen LogP contribution in [0.3, 0.4) is 0 Å². The molecular formula is C14H15N3OS. The summed E-state index contributed by atoms with van der Waals surface area (Å²) in [5.41, 5.74) is 1.74. The highest BCUT2D eigenvalue weighted by Gasteiger charge is 2.16. The average Bonchev–Trinajstić information content (AvgIpc) is 3.00. The van der Waals surface area contributed by atoms with Crippen molar-refractivity contribution in [1.29, 1.82) is 0 Å². The first-order valence-corrected chi connectivity index (χ1v) is 7.31. The van der Waals surface area contributed by atoms with E-state index >= 15 is 0 Å². The van der Waals surface area contributed by atoms with Crippen LogP contribution in [0, 0.1) is 0 Å². The van der Waals surface area contributed by atoms with Gasteiger partial charge in [0.25, 0.3) is 5.91 Å². The summed E-state index contributed by atoms with van der Waals surface area (Å²) in [6.07, 6.45) is 5.96. The van der Waals surface area contributed by atoms with Gasteiger partial charge in [-0.15, -0.1) is 11.3 Å². The van der Waals surface area contributed by atoms with Crippen LogP contribution in [0.1, 0.15) is 32.5 Å². The van der Waals surface area contributed by atoms with Crippen molar-refractivity contribution in [3.8, 4) is 0 Å². The minimum atomic E-state index is -0.121. The maximum atomic E-state index is 11.8. The number of carbonyl (C=O) groups is 1. The molecule has 98 valence electrons. The van der Waals surface area contributed by atoms with E-state index < -0.39 is 0 Å². The molecule has 0 saturated carbocycles. The Kier molecular flexibility index (Phi) is 3.55. The molecule has 2 aromatic rings. The lowest BCUT2D eigenvalue weighted by molar-refractivity contribution is 0.0949. The number of hydrogen-bond acceptors (Lipinski definition) is 4. The number of fused-ring (bicyclic) bond motifs is 1. The summed E-state index contributed by atoms with van der Waals surface area (Å²) in [5.74, 6) is -0.121. The first-order chi connectivity index (χ1) is 9.33. The molecule has 5 heteroatoms. The molecule has 2 aromatic heterocycles. The van der Waals surface area contributed by atoms with Crippen LogP contribution >= 0.6 is 11.3 Å². The van der Waals surface area contributed by atoms with Crippen LogP contribution in [0.4, 0.5) is 0 Å². The number of nitrogens with one attached hydrogen (secondary N) is 1. The standard InChI is InChI=1S/C14H15N3OS/c18-14(11-4-1-2-8-15-11)16-9-7-13-17-10-5-3-6-12(10)19-13/h1-2,4,8H,3,5-7,9H2,(H,16,18). The van der Waals surface area contributed by atoms with Gasteiger partial charge in [-0.2, -0.15) is 0 Å². The van der Waals surface area contributed by atoms with Gasteiger partial charge < -0.3 is 5.32 Å². The van der Waals surface area contributed by atoms with Gasteiger partial charge >= 0.3 is 0 Å². The second-order valence-electron chi connectivity index (χ2n) is 4.55. The molecule has 0 spiro atoms. The van der Waals surface area contributed by atoms with Crippen LogP contribution in [0.2, 0.25) is 0 Å². The summed E-state index contributed by atoms with van der Waals surface area (Å²) >= 11 is 1.79. The minimum Gasteiger partial charge on any atom is -0.350 e. The Morgan fingerprint density at radius 1 is 1.37 bits per heavy atom. The maximum absolute atomic E-state index is 11.8. The second-order valence-corrected chi connectivity index (χ2v) is 5.72. The summed E-state index contributed by atoms with van der Waals surface area (Å²) in [7, 11) is 0. The molecule has 1 aliphatic carbocycles. The molecule has 1 N–H and O–H groups in total. The number of hydrogen-bond donors (Lipinski definition) is 1. The van der Waals surface area contributed by atoms with E-state index in [1.807, 2.05) is 6.07 Å². The number of thiazole rings is 1. The highest BCUT2D eigenvalue weighted by atomic mass is 32.1. The summed E-state index contributed by atoms with van der Waals surface area (Å²) in [5, 5.41) is 4.01. The predicted molar refractivity (Wildman–Crippen MR) is 74.4 cm³/mol. The lowest BCUT2D eigenvalue weighted by Crippen LogP contribution is -2.26. The molecule has 2 heterocycles. The van der Waals surface area contributed by atoms with Crippen LogP contribution in [-0.2, 0) is 19.3 Å². The van der Waals surface area contributed by atoms with Gasteiger partial charge in [0.1, 0.15) is 5.69 Å². The Morgan fingerprint density at radius 2 is 2.32 bits per heavy atom. The Hall–Kier alpha value is -1.75. The summed E-state index contributed by atoms with van der Waals surface area (Å²) in [6, 6.07) is 5.33. The molecule has 0 bridgehead atoms. The van der Waals surface area contributed by atoms with Crippen molar-refractivity contribution in [3.63, 3.8) is 0 Å². The zero-order chi connectivity index (χ0) is 13.1. The van der Waals surface area contributed by atoms with E-state index in [0.717, 1.165) is 17.8 Å². The van der Waals surface area contributed by atoms with Crippen LogP contribution in [0.25, 0.3) is 0 Å². The monoisotopic (exact) mass is 273 g/mol. The van der Waals surface area contributed by atoms with Gasteiger partial charge in [-0.05, 0) is 31.4 Å². The molecule has 1 amide bonds. The zero-order valence-corrected chi connectivity index (χ0v) is 11.4. The van der Waals surface area contributed by atoms with E-state index in [-0.39, 0.29) is 5.91 Å². The first-order valence-electron chi connectivity index (χ1n) is 6.49. The van der Waals surface area contributed by atoms with Crippen molar-refractivity contribution in [3.05, 3.63) is 45.7 Å². The smallest absolute Gasteiger partial charge is 0.269 e. The fraction of sp³-hybridized carbons (Fsp3) is 0.357. The molecule has 0 atom stereocenters. The number of amides is 1. The van der Waals surface area contributed by atoms with Gasteiger partial charge in [-0.1, -0.05) is 6.07 Å². The SMILES string of the molecule is O=C(NCCc1nc2c(s1)CCC2)c1ccccn1. The van der Waals surface area contributed by atoms with Crippen molar-refractivity contribution in [1.82, 2.24) is 15.3 Å². The van der Waals surface area contributed by atoms with Crippen molar-refractivity contribution in [2.24, 2.45) is 0 Å². The topological polar surface area (TPSA) is 54.9 Å². The third-order valence-electron chi connectivity index (χ3n) is 3.16. The van der Waals surface area contributed by atoms with Crippen molar-refractivity contribution in [2.75, 3.05) is 6.54 Å². The van der Waals surface area contributed by atoms with Crippen molar-refractivity contribution in [2.45, 2.75) is 25.7 Å². The first kappa shape index (κ1) is 12.3.